The maximum absolute atomic E-state index is 4.33. The lowest BCUT2D eigenvalue weighted by Gasteiger charge is -2.39. The summed E-state index contributed by atoms with van der Waals surface area (Å²) < 4.78 is 0. The van der Waals surface area contributed by atoms with Crippen molar-refractivity contribution in [2.75, 3.05) is 33.7 Å². The molecule has 0 saturated carbocycles. The molecule has 124 valence electrons. The van der Waals surface area contributed by atoms with Crippen LogP contribution in [0.25, 0.3) is 0 Å². The lowest BCUT2D eigenvalue weighted by Crippen LogP contribution is -2.45. The first-order valence-corrected chi connectivity index (χ1v) is 9.32. The number of rotatable bonds is 6. The third kappa shape index (κ3) is 4.71. The topological polar surface area (TPSA) is 39.7 Å². The number of piperidine rings is 1. The van der Waals surface area contributed by atoms with Gasteiger partial charge in [-0.15, -0.1) is 11.3 Å². The second kappa shape index (κ2) is 9.16. The Bertz CT molecular complexity index is 444. The van der Waals surface area contributed by atoms with Crippen molar-refractivity contribution in [3.8, 4) is 0 Å². The van der Waals surface area contributed by atoms with Crippen LogP contribution in [0.15, 0.2) is 22.5 Å². The van der Waals surface area contributed by atoms with E-state index in [9.17, 15) is 0 Å². The molecule has 22 heavy (non-hydrogen) atoms. The molecule has 0 aliphatic carbocycles. The Labute approximate surface area is 139 Å². The minimum Gasteiger partial charge on any atom is -0.356 e. The summed E-state index contributed by atoms with van der Waals surface area (Å²) in [4.78, 5) is 8.33. The summed E-state index contributed by atoms with van der Waals surface area (Å²) in [6.07, 6.45) is 4.96. The molecule has 1 saturated heterocycles. The maximum Gasteiger partial charge on any atom is 0.190 e. The lowest BCUT2D eigenvalue weighted by molar-refractivity contribution is 0.125. The molecule has 1 aliphatic rings. The molecule has 5 heteroatoms. The second-order valence-electron chi connectivity index (χ2n) is 6.08. The van der Waals surface area contributed by atoms with Crippen LogP contribution >= 0.6 is 11.3 Å². The zero-order valence-corrected chi connectivity index (χ0v) is 15.0. The fourth-order valence-corrected chi connectivity index (χ4v) is 4.20. The Kier molecular flexibility index (Phi) is 7.19. The summed E-state index contributed by atoms with van der Waals surface area (Å²) in [6.45, 7) is 5.39. The van der Waals surface area contributed by atoms with Crippen molar-refractivity contribution in [3.05, 3.63) is 22.4 Å². The SMILES string of the molecule is CCCCNC(=NC)NCC1CCCN(C)C1c1cccs1. The van der Waals surface area contributed by atoms with Gasteiger partial charge in [0.25, 0.3) is 0 Å². The van der Waals surface area contributed by atoms with Gasteiger partial charge in [-0.25, -0.2) is 0 Å². The normalized spacial score (nSPS) is 23.5. The van der Waals surface area contributed by atoms with Gasteiger partial charge in [-0.05, 0) is 50.2 Å². The van der Waals surface area contributed by atoms with E-state index in [0.29, 0.717) is 12.0 Å². The first kappa shape index (κ1) is 17.3. The molecule has 1 aromatic rings. The maximum atomic E-state index is 4.33. The van der Waals surface area contributed by atoms with E-state index < -0.39 is 0 Å². The Morgan fingerprint density at radius 1 is 1.45 bits per heavy atom. The Morgan fingerprint density at radius 3 is 3.00 bits per heavy atom. The quantitative estimate of drug-likeness (QED) is 0.480. The molecule has 0 bridgehead atoms. The van der Waals surface area contributed by atoms with Crippen LogP contribution in [-0.2, 0) is 0 Å². The van der Waals surface area contributed by atoms with Crippen LogP contribution in [0.5, 0.6) is 0 Å². The van der Waals surface area contributed by atoms with Gasteiger partial charge in [0.1, 0.15) is 0 Å². The van der Waals surface area contributed by atoms with E-state index in [1.165, 1.54) is 37.1 Å². The van der Waals surface area contributed by atoms with Gasteiger partial charge in [-0.1, -0.05) is 19.4 Å². The zero-order chi connectivity index (χ0) is 15.8. The van der Waals surface area contributed by atoms with Crippen LogP contribution in [0.2, 0.25) is 0 Å². The zero-order valence-electron chi connectivity index (χ0n) is 14.1. The highest BCUT2D eigenvalue weighted by Crippen LogP contribution is 2.36. The Morgan fingerprint density at radius 2 is 2.32 bits per heavy atom. The molecule has 0 aromatic carbocycles. The number of guanidine groups is 1. The number of nitrogens with zero attached hydrogens (tertiary/aromatic N) is 2. The van der Waals surface area contributed by atoms with Gasteiger partial charge in [0.05, 0.1) is 0 Å². The van der Waals surface area contributed by atoms with Crippen LogP contribution in [-0.4, -0.2) is 44.6 Å². The molecule has 0 spiro atoms. The van der Waals surface area contributed by atoms with Gasteiger partial charge in [0.2, 0.25) is 0 Å². The number of likely N-dealkylation sites (tertiary alicyclic amines) is 1. The largest absolute Gasteiger partial charge is 0.356 e. The third-order valence-electron chi connectivity index (χ3n) is 4.42. The average molecular weight is 323 g/mol. The van der Waals surface area contributed by atoms with E-state index in [1.807, 2.05) is 18.4 Å². The summed E-state index contributed by atoms with van der Waals surface area (Å²) in [5.41, 5.74) is 0. The first-order valence-electron chi connectivity index (χ1n) is 8.44. The molecule has 1 aliphatic heterocycles. The predicted octanol–water partition coefficient (Wildman–Crippen LogP) is 3.10. The second-order valence-corrected chi connectivity index (χ2v) is 7.06. The van der Waals surface area contributed by atoms with Gasteiger partial charge in [-0.3, -0.25) is 9.89 Å². The molecule has 0 amide bonds. The van der Waals surface area contributed by atoms with Gasteiger partial charge in [0, 0.05) is 31.1 Å². The molecule has 2 rings (SSSR count). The number of aliphatic imine (C=N–C) groups is 1. The fourth-order valence-electron chi connectivity index (χ4n) is 3.21. The molecule has 0 radical (unpaired) electrons. The molecular weight excluding hydrogens is 292 g/mol. The Hall–Kier alpha value is -1.07. The van der Waals surface area contributed by atoms with E-state index in [4.69, 9.17) is 0 Å². The summed E-state index contributed by atoms with van der Waals surface area (Å²) >= 11 is 1.88. The molecular formula is C17H30N4S. The number of hydrogen-bond acceptors (Lipinski definition) is 3. The molecule has 2 atom stereocenters. The van der Waals surface area contributed by atoms with Gasteiger partial charge in [0.15, 0.2) is 5.96 Å². The highest BCUT2D eigenvalue weighted by atomic mass is 32.1. The van der Waals surface area contributed by atoms with Crippen molar-refractivity contribution in [2.24, 2.45) is 10.9 Å². The number of nitrogens with one attached hydrogen (secondary N) is 2. The average Bonchev–Trinajstić information content (AvgIpc) is 3.04. The standard InChI is InChI=1S/C17H30N4S/c1-4-5-10-19-17(18-2)20-13-14-8-6-11-21(3)16(14)15-9-7-12-22-15/h7,9,12,14,16H,4-6,8,10-11,13H2,1-3H3,(H2,18,19,20). The van der Waals surface area contributed by atoms with Gasteiger partial charge < -0.3 is 10.6 Å². The highest BCUT2D eigenvalue weighted by molar-refractivity contribution is 7.10. The van der Waals surface area contributed by atoms with Crippen molar-refractivity contribution in [3.63, 3.8) is 0 Å². The fraction of sp³-hybridized carbons (Fsp3) is 0.706. The number of thiophene rings is 1. The van der Waals surface area contributed by atoms with Gasteiger partial charge >= 0.3 is 0 Å². The van der Waals surface area contributed by atoms with Crippen molar-refractivity contribution >= 4 is 17.3 Å². The van der Waals surface area contributed by atoms with Crippen LogP contribution in [0.3, 0.4) is 0 Å². The number of hydrogen-bond donors (Lipinski definition) is 2. The Balaban J connectivity index is 1.91. The summed E-state index contributed by atoms with van der Waals surface area (Å²) in [6, 6.07) is 4.98. The van der Waals surface area contributed by atoms with E-state index >= 15 is 0 Å². The van der Waals surface area contributed by atoms with Crippen molar-refractivity contribution in [1.29, 1.82) is 0 Å². The van der Waals surface area contributed by atoms with Crippen LogP contribution < -0.4 is 10.6 Å². The molecule has 2 heterocycles. The predicted molar refractivity (Wildman–Crippen MR) is 96.7 cm³/mol. The first-order chi connectivity index (χ1) is 10.8. The van der Waals surface area contributed by atoms with E-state index in [1.54, 1.807) is 0 Å². The van der Waals surface area contributed by atoms with E-state index in [2.05, 4.69) is 52.0 Å². The van der Waals surface area contributed by atoms with Crippen molar-refractivity contribution < 1.29 is 0 Å². The van der Waals surface area contributed by atoms with Crippen molar-refractivity contribution in [2.45, 2.75) is 38.6 Å². The molecule has 2 N–H and O–H groups in total. The van der Waals surface area contributed by atoms with Crippen LogP contribution in [0.4, 0.5) is 0 Å². The lowest BCUT2D eigenvalue weighted by atomic mass is 9.88. The van der Waals surface area contributed by atoms with E-state index in [0.717, 1.165) is 19.0 Å². The monoisotopic (exact) mass is 322 g/mol. The summed E-state index contributed by atoms with van der Waals surface area (Å²) in [5, 5.41) is 9.11. The minimum atomic E-state index is 0.537. The summed E-state index contributed by atoms with van der Waals surface area (Å²) in [5.74, 6) is 1.58. The minimum absolute atomic E-state index is 0.537. The molecule has 2 unspecified atom stereocenters. The number of unbranched alkanes of at least 4 members (excludes halogenated alkanes) is 1. The smallest absolute Gasteiger partial charge is 0.190 e. The van der Waals surface area contributed by atoms with Crippen LogP contribution in [0, 0.1) is 5.92 Å². The highest BCUT2D eigenvalue weighted by Gasteiger charge is 2.31. The molecule has 1 fully saturated rings. The molecule has 1 aromatic heterocycles. The molecule has 4 nitrogen and oxygen atoms in total. The van der Waals surface area contributed by atoms with Crippen LogP contribution in [0.1, 0.15) is 43.5 Å². The third-order valence-corrected chi connectivity index (χ3v) is 5.36. The van der Waals surface area contributed by atoms with Gasteiger partial charge in [-0.2, -0.15) is 0 Å². The summed E-state index contributed by atoms with van der Waals surface area (Å²) in [7, 11) is 4.11. The van der Waals surface area contributed by atoms with Crippen molar-refractivity contribution in [1.82, 2.24) is 15.5 Å². The van der Waals surface area contributed by atoms with E-state index in [-0.39, 0.29) is 0 Å².